The molecule has 1 aliphatic rings. The molecule has 1 amide bonds. The lowest BCUT2D eigenvalue weighted by Crippen LogP contribution is -2.48. The Balaban J connectivity index is 1.78. The molecule has 0 aromatic heterocycles. The van der Waals surface area contributed by atoms with Crippen molar-refractivity contribution in [1.29, 1.82) is 0 Å². The van der Waals surface area contributed by atoms with E-state index in [1.807, 2.05) is 17.0 Å². The Hall–Kier alpha value is -1.26. The Bertz CT molecular complexity index is 467. The number of rotatable bonds is 4. The van der Waals surface area contributed by atoms with Crippen LogP contribution in [0.25, 0.3) is 0 Å². The average Bonchev–Trinajstić information content (AvgIpc) is 2.38. The summed E-state index contributed by atoms with van der Waals surface area (Å²) in [6.45, 7) is 3.17. The number of nitrogens with zero attached hydrogens (tertiary/aromatic N) is 1. The van der Waals surface area contributed by atoms with E-state index in [9.17, 15) is 4.79 Å². The molecule has 0 radical (unpaired) electrons. The summed E-state index contributed by atoms with van der Waals surface area (Å²) in [4.78, 5) is 14.1. The Kier molecular flexibility index (Phi) is 5.26. The standard InChI is InChI=1S/C15H21ClN2O2/c1-11-9-13(17)5-7-18(11)15(19)6-8-20-14-4-2-3-12(16)10-14/h2-4,10-11,13H,5-9,17H2,1H3/t11-,13+/m0/s1. The summed E-state index contributed by atoms with van der Waals surface area (Å²) < 4.78 is 5.55. The van der Waals surface area contributed by atoms with Crippen molar-refractivity contribution in [3.63, 3.8) is 0 Å². The molecule has 110 valence electrons. The summed E-state index contributed by atoms with van der Waals surface area (Å²) >= 11 is 5.87. The van der Waals surface area contributed by atoms with Crippen LogP contribution in [0.2, 0.25) is 5.02 Å². The van der Waals surface area contributed by atoms with Crippen LogP contribution in [0, 0.1) is 0 Å². The van der Waals surface area contributed by atoms with Crippen LogP contribution in [0.1, 0.15) is 26.2 Å². The fourth-order valence-electron chi connectivity index (χ4n) is 2.54. The van der Waals surface area contributed by atoms with Crippen molar-refractivity contribution in [1.82, 2.24) is 4.90 Å². The van der Waals surface area contributed by atoms with Crippen LogP contribution in [0.5, 0.6) is 5.75 Å². The van der Waals surface area contributed by atoms with Crippen molar-refractivity contribution in [3.8, 4) is 5.75 Å². The molecule has 2 N–H and O–H groups in total. The molecule has 1 aliphatic heterocycles. The van der Waals surface area contributed by atoms with E-state index in [-0.39, 0.29) is 18.0 Å². The number of benzene rings is 1. The van der Waals surface area contributed by atoms with Crippen LogP contribution in [0.15, 0.2) is 24.3 Å². The highest BCUT2D eigenvalue weighted by Crippen LogP contribution is 2.19. The number of ether oxygens (including phenoxy) is 1. The quantitative estimate of drug-likeness (QED) is 0.928. The van der Waals surface area contributed by atoms with Gasteiger partial charge in [-0.05, 0) is 38.0 Å². The molecule has 1 aromatic carbocycles. The van der Waals surface area contributed by atoms with Gasteiger partial charge in [0, 0.05) is 23.7 Å². The molecule has 0 spiro atoms. The Labute approximate surface area is 124 Å². The van der Waals surface area contributed by atoms with Crippen LogP contribution >= 0.6 is 11.6 Å². The summed E-state index contributed by atoms with van der Waals surface area (Å²) in [6.07, 6.45) is 2.14. The van der Waals surface area contributed by atoms with E-state index in [1.165, 1.54) is 0 Å². The number of halogens is 1. The van der Waals surface area contributed by atoms with Crippen molar-refractivity contribution in [2.24, 2.45) is 5.73 Å². The molecular formula is C15H21ClN2O2. The van der Waals surface area contributed by atoms with Crippen LogP contribution < -0.4 is 10.5 Å². The van der Waals surface area contributed by atoms with Crippen molar-refractivity contribution in [3.05, 3.63) is 29.3 Å². The van der Waals surface area contributed by atoms with E-state index in [1.54, 1.807) is 12.1 Å². The van der Waals surface area contributed by atoms with E-state index in [0.29, 0.717) is 23.8 Å². The number of carbonyl (C=O) groups is 1. The maximum absolute atomic E-state index is 12.2. The van der Waals surface area contributed by atoms with Gasteiger partial charge in [0.2, 0.25) is 5.91 Å². The first-order valence-corrected chi connectivity index (χ1v) is 7.37. The lowest BCUT2D eigenvalue weighted by atomic mass is 9.99. The van der Waals surface area contributed by atoms with Gasteiger partial charge >= 0.3 is 0 Å². The molecular weight excluding hydrogens is 276 g/mol. The van der Waals surface area contributed by atoms with E-state index in [2.05, 4.69) is 6.92 Å². The molecule has 1 heterocycles. The molecule has 1 aromatic rings. The number of piperidine rings is 1. The monoisotopic (exact) mass is 296 g/mol. The molecule has 1 fully saturated rings. The first-order chi connectivity index (χ1) is 9.56. The average molecular weight is 297 g/mol. The molecule has 5 heteroatoms. The van der Waals surface area contributed by atoms with Gasteiger partial charge in [-0.15, -0.1) is 0 Å². The molecule has 0 bridgehead atoms. The topological polar surface area (TPSA) is 55.6 Å². The third kappa shape index (κ3) is 4.12. The van der Waals surface area contributed by atoms with E-state index < -0.39 is 0 Å². The summed E-state index contributed by atoms with van der Waals surface area (Å²) in [7, 11) is 0. The molecule has 0 unspecified atom stereocenters. The maximum atomic E-state index is 12.2. The van der Waals surface area contributed by atoms with Gasteiger partial charge in [0.25, 0.3) is 0 Å². The first kappa shape index (κ1) is 15.1. The molecule has 1 saturated heterocycles. The number of hydrogen-bond donors (Lipinski definition) is 1. The minimum Gasteiger partial charge on any atom is -0.493 e. The van der Waals surface area contributed by atoms with E-state index >= 15 is 0 Å². The molecule has 2 atom stereocenters. The second-order valence-corrected chi connectivity index (χ2v) is 5.71. The van der Waals surface area contributed by atoms with Crippen molar-refractivity contribution in [2.45, 2.75) is 38.3 Å². The molecule has 0 aliphatic carbocycles. The number of likely N-dealkylation sites (tertiary alicyclic amines) is 1. The van der Waals surface area contributed by atoms with Gasteiger partial charge in [-0.3, -0.25) is 4.79 Å². The van der Waals surface area contributed by atoms with Gasteiger partial charge in [-0.2, -0.15) is 0 Å². The second-order valence-electron chi connectivity index (χ2n) is 5.28. The zero-order valence-electron chi connectivity index (χ0n) is 11.7. The van der Waals surface area contributed by atoms with Crippen molar-refractivity contribution >= 4 is 17.5 Å². The molecule has 20 heavy (non-hydrogen) atoms. The highest BCUT2D eigenvalue weighted by Gasteiger charge is 2.26. The van der Waals surface area contributed by atoms with E-state index in [4.69, 9.17) is 22.1 Å². The summed E-state index contributed by atoms with van der Waals surface area (Å²) in [5.74, 6) is 0.824. The normalized spacial score (nSPS) is 22.6. The second kappa shape index (κ2) is 6.95. The van der Waals surface area contributed by atoms with Gasteiger partial charge in [-0.1, -0.05) is 17.7 Å². The number of nitrogens with two attached hydrogens (primary N) is 1. The smallest absolute Gasteiger partial charge is 0.226 e. The van der Waals surface area contributed by atoms with Crippen LogP contribution in [0.3, 0.4) is 0 Å². The summed E-state index contributed by atoms with van der Waals surface area (Å²) in [5.41, 5.74) is 5.90. The van der Waals surface area contributed by atoms with Crippen LogP contribution in [-0.2, 0) is 4.79 Å². The number of hydrogen-bond acceptors (Lipinski definition) is 3. The Morgan fingerprint density at radius 1 is 1.55 bits per heavy atom. The molecule has 0 saturated carbocycles. The molecule has 4 nitrogen and oxygen atoms in total. The highest BCUT2D eigenvalue weighted by atomic mass is 35.5. The van der Waals surface area contributed by atoms with Crippen LogP contribution in [0.4, 0.5) is 0 Å². The van der Waals surface area contributed by atoms with Crippen molar-refractivity contribution in [2.75, 3.05) is 13.2 Å². The van der Waals surface area contributed by atoms with E-state index in [0.717, 1.165) is 19.4 Å². The fraction of sp³-hybridized carbons (Fsp3) is 0.533. The van der Waals surface area contributed by atoms with Gasteiger partial charge in [0.15, 0.2) is 0 Å². The minimum absolute atomic E-state index is 0.131. The maximum Gasteiger partial charge on any atom is 0.226 e. The molecule has 2 rings (SSSR count). The largest absolute Gasteiger partial charge is 0.493 e. The zero-order chi connectivity index (χ0) is 14.5. The van der Waals surface area contributed by atoms with Crippen LogP contribution in [-0.4, -0.2) is 36.0 Å². The SMILES string of the molecule is C[C@H]1C[C@H](N)CCN1C(=O)CCOc1cccc(Cl)c1. The first-order valence-electron chi connectivity index (χ1n) is 6.99. The predicted molar refractivity (Wildman–Crippen MR) is 79.9 cm³/mol. The third-order valence-electron chi connectivity index (χ3n) is 3.62. The van der Waals surface area contributed by atoms with Gasteiger partial charge in [0.05, 0.1) is 13.0 Å². The van der Waals surface area contributed by atoms with Gasteiger partial charge in [0.1, 0.15) is 5.75 Å². The Morgan fingerprint density at radius 2 is 2.35 bits per heavy atom. The predicted octanol–water partition coefficient (Wildman–Crippen LogP) is 2.45. The zero-order valence-corrected chi connectivity index (χ0v) is 12.5. The highest BCUT2D eigenvalue weighted by molar-refractivity contribution is 6.30. The lowest BCUT2D eigenvalue weighted by Gasteiger charge is -2.36. The third-order valence-corrected chi connectivity index (χ3v) is 3.85. The van der Waals surface area contributed by atoms with Crippen molar-refractivity contribution < 1.29 is 9.53 Å². The Morgan fingerprint density at radius 3 is 3.05 bits per heavy atom. The number of carbonyl (C=O) groups excluding carboxylic acids is 1. The summed E-state index contributed by atoms with van der Waals surface area (Å²) in [5, 5.41) is 0.632. The van der Waals surface area contributed by atoms with Gasteiger partial charge < -0.3 is 15.4 Å². The number of amides is 1. The fourth-order valence-corrected chi connectivity index (χ4v) is 2.72. The summed E-state index contributed by atoms with van der Waals surface area (Å²) in [6, 6.07) is 7.63. The lowest BCUT2D eigenvalue weighted by molar-refractivity contribution is -0.135. The minimum atomic E-state index is 0.131. The van der Waals surface area contributed by atoms with Gasteiger partial charge in [-0.25, -0.2) is 0 Å².